The van der Waals surface area contributed by atoms with Crippen molar-refractivity contribution >= 4 is 5.97 Å². The summed E-state index contributed by atoms with van der Waals surface area (Å²) in [6.07, 6.45) is 3.59. The first kappa shape index (κ1) is 15.0. The first-order valence-electron chi connectivity index (χ1n) is 7.58. The van der Waals surface area contributed by atoms with Crippen molar-refractivity contribution in [3.05, 3.63) is 102 Å². The summed E-state index contributed by atoms with van der Waals surface area (Å²) in [7, 11) is 0. The molecule has 1 aromatic heterocycles. The number of pyridine rings is 1. The highest BCUT2D eigenvalue weighted by atomic mass is 16.5. The Balaban J connectivity index is 1.82. The summed E-state index contributed by atoms with van der Waals surface area (Å²) < 4.78 is 7.78. The minimum atomic E-state index is -0.337. The van der Waals surface area contributed by atoms with Gasteiger partial charge in [0.15, 0.2) is 25.0 Å². The fourth-order valence-electron chi connectivity index (χ4n) is 2.40. The largest absolute Gasteiger partial charge is 0.447 e. The van der Waals surface area contributed by atoms with Crippen molar-refractivity contribution < 1.29 is 14.1 Å². The smallest absolute Gasteiger partial charge is 0.338 e. The topological polar surface area (TPSA) is 30.2 Å². The minimum absolute atomic E-state index is 0.309. The molecule has 0 aliphatic carbocycles. The normalized spacial score (nSPS) is 11.7. The van der Waals surface area contributed by atoms with Gasteiger partial charge in [-0.25, -0.2) is 9.36 Å². The predicted octanol–water partition coefficient (Wildman–Crippen LogP) is 3.57. The van der Waals surface area contributed by atoms with Crippen LogP contribution in [0.2, 0.25) is 0 Å². The summed E-state index contributed by atoms with van der Waals surface area (Å²) in [6, 6.07) is 24.8. The minimum Gasteiger partial charge on any atom is -0.447 e. The summed E-state index contributed by atoms with van der Waals surface area (Å²) in [5.74, 6) is -0.309. The van der Waals surface area contributed by atoms with Crippen LogP contribution in [0, 0.1) is 0 Å². The molecule has 1 heterocycles. The molecule has 0 radical (unpaired) electrons. The molecule has 0 saturated carbocycles. The van der Waals surface area contributed by atoms with Crippen molar-refractivity contribution in [1.29, 1.82) is 0 Å². The maximum atomic E-state index is 12.4. The van der Waals surface area contributed by atoms with Crippen molar-refractivity contribution in [3.8, 4) is 0 Å². The number of aromatic nitrogens is 1. The Hall–Kier alpha value is -2.94. The lowest BCUT2D eigenvalue weighted by molar-refractivity contribution is -0.704. The second kappa shape index (κ2) is 7.36. The maximum absolute atomic E-state index is 12.4. The van der Waals surface area contributed by atoms with Crippen LogP contribution in [0.4, 0.5) is 0 Å². The Morgan fingerprint density at radius 2 is 1.39 bits per heavy atom. The summed E-state index contributed by atoms with van der Waals surface area (Å²) in [5, 5.41) is 0. The summed E-state index contributed by atoms with van der Waals surface area (Å²) in [6.45, 7) is 0.573. The van der Waals surface area contributed by atoms with Crippen LogP contribution < -0.4 is 4.57 Å². The van der Waals surface area contributed by atoms with Crippen molar-refractivity contribution in [2.24, 2.45) is 0 Å². The monoisotopic (exact) mass is 304 g/mol. The molecule has 3 nitrogen and oxygen atoms in total. The molecule has 0 N–H and O–H groups in total. The fraction of sp³-hybridized carbons (Fsp3) is 0.100. The van der Waals surface area contributed by atoms with Crippen LogP contribution in [0.5, 0.6) is 0 Å². The van der Waals surface area contributed by atoms with Crippen molar-refractivity contribution in [3.63, 3.8) is 0 Å². The Kier molecular flexibility index (Phi) is 4.79. The lowest BCUT2D eigenvalue weighted by Crippen LogP contribution is -2.37. The van der Waals surface area contributed by atoms with E-state index < -0.39 is 0 Å². The van der Waals surface area contributed by atoms with E-state index in [0.29, 0.717) is 12.1 Å². The number of carbonyl (C=O) groups excluding carboxylic acids is 1. The average Bonchev–Trinajstić information content (AvgIpc) is 2.63. The van der Waals surface area contributed by atoms with E-state index in [1.54, 1.807) is 12.1 Å². The first-order chi connectivity index (χ1) is 11.3. The second-order valence-electron chi connectivity index (χ2n) is 5.24. The second-order valence-corrected chi connectivity index (χ2v) is 5.24. The van der Waals surface area contributed by atoms with Gasteiger partial charge in [-0.3, -0.25) is 0 Å². The molecule has 0 fully saturated rings. The van der Waals surface area contributed by atoms with Gasteiger partial charge in [0, 0.05) is 12.1 Å². The van der Waals surface area contributed by atoms with Crippen molar-refractivity contribution in [2.75, 3.05) is 0 Å². The Morgan fingerprint density at radius 1 is 0.826 bits per heavy atom. The van der Waals surface area contributed by atoms with E-state index in [9.17, 15) is 4.79 Å². The molecule has 3 rings (SSSR count). The lowest BCUT2D eigenvalue weighted by atomic mass is 10.1. The van der Waals surface area contributed by atoms with E-state index in [0.717, 1.165) is 5.56 Å². The quantitative estimate of drug-likeness (QED) is 0.533. The van der Waals surface area contributed by atoms with E-state index in [1.807, 2.05) is 83.7 Å². The predicted molar refractivity (Wildman–Crippen MR) is 87.7 cm³/mol. The van der Waals surface area contributed by atoms with Crippen LogP contribution in [0.15, 0.2) is 91.3 Å². The molecule has 2 aromatic carbocycles. The molecule has 0 bridgehead atoms. The van der Waals surface area contributed by atoms with E-state index in [1.165, 1.54) is 0 Å². The summed E-state index contributed by atoms with van der Waals surface area (Å²) in [4.78, 5) is 12.4. The number of hydrogen-bond acceptors (Lipinski definition) is 2. The van der Waals surface area contributed by atoms with E-state index >= 15 is 0 Å². The standard InChI is InChI=1S/C20H18NO2/c22-20(18-12-6-2-7-13-18)23-19(17-10-4-1-5-11-17)16-21-14-8-3-9-15-21/h1-15,19H,16H2/q+1/t19-/m0/s1. The molecule has 0 aliphatic heterocycles. The van der Waals surface area contributed by atoms with Crippen molar-refractivity contribution in [1.82, 2.24) is 0 Å². The van der Waals surface area contributed by atoms with Crippen LogP contribution in [-0.2, 0) is 11.3 Å². The third kappa shape index (κ3) is 4.04. The Bertz CT molecular complexity index is 742. The van der Waals surface area contributed by atoms with Crippen LogP contribution >= 0.6 is 0 Å². The van der Waals surface area contributed by atoms with Gasteiger partial charge in [0.1, 0.15) is 0 Å². The van der Waals surface area contributed by atoms with Crippen LogP contribution in [0.1, 0.15) is 22.0 Å². The molecular formula is C20H18NO2+. The molecule has 0 unspecified atom stereocenters. The molecule has 1 atom stereocenters. The summed E-state index contributed by atoms with van der Waals surface area (Å²) >= 11 is 0. The molecule has 3 heteroatoms. The molecule has 23 heavy (non-hydrogen) atoms. The van der Waals surface area contributed by atoms with Gasteiger partial charge in [-0.2, -0.15) is 0 Å². The van der Waals surface area contributed by atoms with Crippen molar-refractivity contribution in [2.45, 2.75) is 12.6 Å². The highest BCUT2D eigenvalue weighted by Gasteiger charge is 2.21. The lowest BCUT2D eigenvalue weighted by Gasteiger charge is -2.15. The number of nitrogens with zero attached hydrogens (tertiary/aromatic N) is 1. The number of hydrogen-bond donors (Lipinski definition) is 0. The Labute approximate surface area is 135 Å². The maximum Gasteiger partial charge on any atom is 0.338 e. The van der Waals surface area contributed by atoms with Gasteiger partial charge >= 0.3 is 5.97 Å². The average molecular weight is 304 g/mol. The number of benzene rings is 2. The van der Waals surface area contributed by atoms with Gasteiger partial charge in [0.05, 0.1) is 5.56 Å². The van der Waals surface area contributed by atoms with E-state index in [4.69, 9.17) is 4.74 Å². The molecular weight excluding hydrogens is 286 g/mol. The van der Waals surface area contributed by atoms with E-state index in [2.05, 4.69) is 0 Å². The van der Waals surface area contributed by atoms with Gasteiger partial charge in [0.25, 0.3) is 0 Å². The molecule has 114 valence electrons. The molecule has 3 aromatic rings. The highest BCUT2D eigenvalue weighted by Crippen LogP contribution is 2.19. The van der Waals surface area contributed by atoms with E-state index in [-0.39, 0.29) is 12.1 Å². The molecule has 0 aliphatic rings. The first-order valence-corrected chi connectivity index (χ1v) is 7.58. The van der Waals surface area contributed by atoms with Gasteiger partial charge in [0.2, 0.25) is 0 Å². The van der Waals surface area contributed by atoms with Gasteiger partial charge < -0.3 is 4.74 Å². The zero-order chi connectivity index (χ0) is 15.9. The number of ether oxygens (including phenoxy) is 1. The van der Waals surface area contributed by atoms with Crippen LogP contribution in [0.3, 0.4) is 0 Å². The van der Waals surface area contributed by atoms with Crippen LogP contribution in [0.25, 0.3) is 0 Å². The number of carbonyl (C=O) groups is 1. The fourth-order valence-corrected chi connectivity index (χ4v) is 2.40. The zero-order valence-electron chi connectivity index (χ0n) is 12.7. The molecule has 0 amide bonds. The molecule has 0 spiro atoms. The number of rotatable bonds is 5. The Morgan fingerprint density at radius 3 is 2.04 bits per heavy atom. The third-order valence-corrected chi connectivity index (χ3v) is 3.58. The zero-order valence-corrected chi connectivity index (χ0v) is 12.7. The SMILES string of the molecule is O=C(O[C@@H](C[n+]1ccccc1)c1ccccc1)c1ccccc1. The van der Waals surface area contributed by atoms with Gasteiger partial charge in [-0.05, 0) is 17.7 Å². The number of esters is 1. The van der Waals surface area contributed by atoms with Crippen LogP contribution in [-0.4, -0.2) is 5.97 Å². The summed E-state index contributed by atoms with van der Waals surface area (Å²) in [5.41, 5.74) is 1.54. The van der Waals surface area contributed by atoms with Gasteiger partial charge in [-0.1, -0.05) is 54.6 Å². The third-order valence-electron chi connectivity index (χ3n) is 3.58. The van der Waals surface area contributed by atoms with Gasteiger partial charge in [-0.15, -0.1) is 0 Å². The molecule has 0 saturated heterocycles. The highest BCUT2D eigenvalue weighted by molar-refractivity contribution is 5.89.